The van der Waals surface area contributed by atoms with E-state index < -0.39 is 10.0 Å². The molecule has 0 N–H and O–H groups in total. The fourth-order valence-corrected chi connectivity index (χ4v) is 4.68. The first kappa shape index (κ1) is 22.8. The second-order valence-electron chi connectivity index (χ2n) is 7.38. The van der Waals surface area contributed by atoms with E-state index in [2.05, 4.69) is 0 Å². The average molecular weight is 470 g/mol. The maximum Gasteiger partial charge on any atom is 0.268 e. The van der Waals surface area contributed by atoms with Crippen molar-refractivity contribution < 1.29 is 27.0 Å². The molecular formula is C25H24FNO5S. The highest BCUT2D eigenvalue weighted by Gasteiger charge is 2.19. The molecule has 8 heteroatoms. The quantitative estimate of drug-likeness (QED) is 0.312. The van der Waals surface area contributed by atoms with E-state index in [0.717, 1.165) is 5.56 Å². The predicted octanol–water partition coefficient (Wildman–Crippen LogP) is 4.80. The first-order valence-corrected chi connectivity index (χ1v) is 11.9. The number of rotatable bonds is 10. The number of hydrogen-bond donors (Lipinski definition) is 0. The van der Waals surface area contributed by atoms with Crippen molar-refractivity contribution in [1.29, 1.82) is 0 Å². The molecule has 0 spiro atoms. The summed E-state index contributed by atoms with van der Waals surface area (Å²) >= 11 is 0. The minimum atomic E-state index is -3.71. The Labute approximate surface area is 192 Å². The van der Waals surface area contributed by atoms with Crippen LogP contribution in [0.25, 0.3) is 10.9 Å². The summed E-state index contributed by atoms with van der Waals surface area (Å²) < 4.78 is 57.1. The van der Waals surface area contributed by atoms with Crippen molar-refractivity contribution in [1.82, 2.24) is 3.97 Å². The van der Waals surface area contributed by atoms with E-state index in [-0.39, 0.29) is 10.7 Å². The van der Waals surface area contributed by atoms with Crippen LogP contribution in [0.5, 0.6) is 11.5 Å². The Morgan fingerprint density at radius 2 is 1.52 bits per heavy atom. The smallest absolute Gasteiger partial charge is 0.268 e. The van der Waals surface area contributed by atoms with Crippen LogP contribution in [0.3, 0.4) is 0 Å². The van der Waals surface area contributed by atoms with Crippen LogP contribution >= 0.6 is 0 Å². The molecule has 0 fully saturated rings. The van der Waals surface area contributed by atoms with Crippen molar-refractivity contribution >= 4 is 20.9 Å². The average Bonchev–Trinajstić information content (AvgIpc) is 3.26. The summed E-state index contributed by atoms with van der Waals surface area (Å²) in [7, 11) is -3.71. The van der Waals surface area contributed by atoms with Crippen molar-refractivity contribution in [2.24, 2.45) is 0 Å². The van der Waals surface area contributed by atoms with Crippen molar-refractivity contribution in [2.75, 3.05) is 26.4 Å². The SMILES string of the molecule is Cc1ccc(S(=O)(=O)n2ccc3c(OCCOCCOc4ccc(F)cc4)cccc32)cc1. The first-order valence-electron chi connectivity index (χ1n) is 10.5. The lowest BCUT2D eigenvalue weighted by Crippen LogP contribution is -2.12. The van der Waals surface area contributed by atoms with Gasteiger partial charge in [0.05, 0.1) is 23.6 Å². The molecule has 3 aromatic carbocycles. The van der Waals surface area contributed by atoms with Gasteiger partial charge >= 0.3 is 0 Å². The van der Waals surface area contributed by atoms with Gasteiger partial charge in [0.1, 0.15) is 30.5 Å². The molecule has 0 saturated heterocycles. The van der Waals surface area contributed by atoms with Crippen LogP contribution < -0.4 is 9.47 Å². The number of ether oxygens (including phenoxy) is 3. The second kappa shape index (κ2) is 10.1. The minimum Gasteiger partial charge on any atom is -0.491 e. The summed E-state index contributed by atoms with van der Waals surface area (Å²) in [6.45, 7) is 3.24. The molecule has 172 valence electrons. The molecule has 4 aromatic rings. The van der Waals surface area contributed by atoms with E-state index >= 15 is 0 Å². The summed E-state index contributed by atoms with van der Waals surface area (Å²) in [5, 5.41) is 0.702. The lowest BCUT2D eigenvalue weighted by molar-refractivity contribution is 0.0768. The van der Waals surface area contributed by atoms with E-state index in [0.29, 0.717) is 48.8 Å². The highest BCUT2D eigenvalue weighted by Crippen LogP contribution is 2.29. The van der Waals surface area contributed by atoms with Crippen molar-refractivity contribution in [3.63, 3.8) is 0 Å². The van der Waals surface area contributed by atoms with Gasteiger partial charge in [0.2, 0.25) is 0 Å². The van der Waals surface area contributed by atoms with E-state index in [1.807, 2.05) is 6.92 Å². The maximum absolute atomic E-state index is 13.1. The zero-order chi connectivity index (χ0) is 23.3. The molecule has 6 nitrogen and oxygen atoms in total. The largest absolute Gasteiger partial charge is 0.491 e. The summed E-state index contributed by atoms with van der Waals surface area (Å²) in [6, 6.07) is 19.6. The highest BCUT2D eigenvalue weighted by molar-refractivity contribution is 7.90. The highest BCUT2D eigenvalue weighted by atomic mass is 32.2. The van der Waals surface area contributed by atoms with Gasteiger partial charge in [-0.05, 0) is 61.5 Å². The third-order valence-electron chi connectivity index (χ3n) is 5.03. The molecule has 1 heterocycles. The van der Waals surface area contributed by atoms with Gasteiger partial charge in [-0.2, -0.15) is 0 Å². The van der Waals surface area contributed by atoms with E-state index in [1.165, 1.54) is 22.3 Å². The van der Waals surface area contributed by atoms with Crippen molar-refractivity contribution in [3.8, 4) is 11.5 Å². The zero-order valence-electron chi connectivity index (χ0n) is 18.1. The van der Waals surface area contributed by atoms with Crippen molar-refractivity contribution in [2.45, 2.75) is 11.8 Å². The molecule has 0 unspecified atom stereocenters. The molecule has 0 aliphatic heterocycles. The van der Waals surface area contributed by atoms with Gasteiger partial charge in [0, 0.05) is 11.6 Å². The molecule has 0 aliphatic carbocycles. The number of halogens is 1. The Morgan fingerprint density at radius 3 is 2.24 bits per heavy atom. The van der Waals surface area contributed by atoms with Crippen LogP contribution in [0.2, 0.25) is 0 Å². The molecule has 0 aliphatic rings. The van der Waals surface area contributed by atoms with Crippen LogP contribution in [0.1, 0.15) is 5.56 Å². The van der Waals surface area contributed by atoms with Crippen LogP contribution in [0, 0.1) is 12.7 Å². The lowest BCUT2D eigenvalue weighted by atomic mass is 10.2. The normalized spacial score (nSPS) is 11.6. The van der Waals surface area contributed by atoms with Crippen molar-refractivity contribution in [3.05, 3.63) is 90.4 Å². The Hall–Kier alpha value is -3.36. The number of fused-ring (bicyclic) bond motifs is 1. The molecule has 0 atom stereocenters. The first-order chi connectivity index (χ1) is 15.9. The summed E-state index contributed by atoms with van der Waals surface area (Å²) in [4.78, 5) is 0.230. The third-order valence-corrected chi connectivity index (χ3v) is 6.73. The van der Waals surface area contributed by atoms with Gasteiger partial charge in [-0.1, -0.05) is 23.8 Å². The van der Waals surface area contributed by atoms with Gasteiger partial charge in [-0.25, -0.2) is 16.8 Å². The third kappa shape index (κ3) is 5.35. The van der Waals surface area contributed by atoms with E-state index in [4.69, 9.17) is 14.2 Å². The van der Waals surface area contributed by atoms with Gasteiger partial charge in [0.25, 0.3) is 10.0 Å². The van der Waals surface area contributed by atoms with Gasteiger partial charge in [-0.3, -0.25) is 0 Å². The fourth-order valence-electron chi connectivity index (χ4n) is 3.34. The van der Waals surface area contributed by atoms with Crippen LogP contribution in [-0.4, -0.2) is 38.8 Å². The molecule has 4 rings (SSSR count). The fraction of sp³-hybridized carbons (Fsp3) is 0.200. The molecule has 0 saturated carbocycles. The van der Waals surface area contributed by atoms with Gasteiger partial charge in [0.15, 0.2) is 0 Å². The Bertz CT molecular complexity index is 1320. The van der Waals surface area contributed by atoms with Gasteiger partial charge in [-0.15, -0.1) is 0 Å². The summed E-state index contributed by atoms with van der Waals surface area (Å²) in [6.07, 6.45) is 1.54. The Balaban J connectivity index is 1.33. The maximum atomic E-state index is 13.1. The molecular weight excluding hydrogens is 445 g/mol. The monoisotopic (exact) mass is 469 g/mol. The van der Waals surface area contributed by atoms with Gasteiger partial charge < -0.3 is 14.2 Å². The molecule has 33 heavy (non-hydrogen) atoms. The summed E-state index contributed by atoms with van der Waals surface area (Å²) in [5.74, 6) is 0.846. The number of nitrogens with zero attached hydrogens (tertiary/aromatic N) is 1. The van der Waals surface area contributed by atoms with E-state index in [1.54, 1.807) is 60.7 Å². The zero-order valence-corrected chi connectivity index (χ0v) is 18.9. The summed E-state index contributed by atoms with van der Waals surface area (Å²) in [5.41, 5.74) is 1.54. The minimum absolute atomic E-state index is 0.230. The molecule has 0 amide bonds. The van der Waals surface area contributed by atoms with E-state index in [9.17, 15) is 12.8 Å². The van der Waals surface area contributed by atoms with Crippen LogP contribution in [-0.2, 0) is 14.8 Å². The Morgan fingerprint density at radius 1 is 0.818 bits per heavy atom. The van der Waals surface area contributed by atoms with Crippen LogP contribution in [0.4, 0.5) is 4.39 Å². The second-order valence-corrected chi connectivity index (χ2v) is 9.20. The lowest BCUT2D eigenvalue weighted by Gasteiger charge is -2.11. The number of benzene rings is 3. The molecule has 0 bridgehead atoms. The Kier molecular flexibility index (Phi) is 6.96. The molecule has 0 radical (unpaired) electrons. The molecule has 1 aromatic heterocycles. The predicted molar refractivity (Wildman–Crippen MR) is 124 cm³/mol. The number of aromatic nitrogens is 1. The van der Waals surface area contributed by atoms with Crippen LogP contribution in [0.15, 0.2) is 83.9 Å². The number of hydrogen-bond acceptors (Lipinski definition) is 5. The topological polar surface area (TPSA) is 66.8 Å². The number of aryl methyl sites for hydroxylation is 1. The standard InChI is InChI=1S/C25H24FNO5S/c1-19-5-11-22(12-6-19)33(28,29)27-14-13-23-24(27)3-2-4-25(23)32-18-16-30-15-17-31-21-9-7-20(26)8-10-21/h2-14H,15-18H2,1H3.